The zero-order valence-corrected chi connectivity index (χ0v) is 54.5. The van der Waals surface area contributed by atoms with Crippen LogP contribution in [-0.4, -0.2) is 47.8 Å². The maximum atomic E-state index is 2.59. The van der Waals surface area contributed by atoms with Gasteiger partial charge in [-0.2, -0.15) is 9.15 Å². The van der Waals surface area contributed by atoms with E-state index >= 15 is 0 Å². The first-order valence-corrected chi connectivity index (χ1v) is 33.0. The summed E-state index contributed by atoms with van der Waals surface area (Å²) < 4.78 is 5.06. The molecule has 4 aliphatic rings. The summed E-state index contributed by atoms with van der Waals surface area (Å²) in [7, 11) is 4.64. The number of rotatable bonds is 13. The van der Waals surface area contributed by atoms with Crippen molar-refractivity contribution in [2.75, 3.05) is 37.0 Å². The smallest absolute Gasteiger partial charge is 0.210 e. The largest absolute Gasteiger partial charge is 0.344 e. The monoisotopic (exact) mass is 1180 g/mol. The molecular weight excluding hydrogens is 1100 g/mol. The molecule has 0 amide bonds. The Bertz CT molecular complexity index is 4660. The van der Waals surface area contributed by atoms with Crippen molar-refractivity contribution in [1.29, 1.82) is 0 Å². The number of allylic oxidation sites excluding steroid dienone is 8. The van der Waals surface area contributed by atoms with E-state index in [1.807, 2.05) is 0 Å². The topological polar surface area (TPSA) is 12.5 Å². The maximum absolute atomic E-state index is 2.59. The van der Waals surface area contributed by atoms with E-state index in [9.17, 15) is 0 Å². The highest BCUT2D eigenvalue weighted by atomic mass is 15.2. The summed E-state index contributed by atoms with van der Waals surface area (Å²) in [5, 5.41) is 10.4. The molecule has 4 heteroatoms. The molecule has 2 atom stereocenters. The molecule has 4 nitrogen and oxygen atoms in total. The van der Waals surface area contributed by atoms with Crippen molar-refractivity contribution in [3.8, 4) is 0 Å². The van der Waals surface area contributed by atoms with E-state index in [2.05, 4.69) is 349 Å². The average molecular weight is 1180 g/mol. The highest BCUT2D eigenvalue weighted by Crippen LogP contribution is 2.56. The minimum atomic E-state index is -0.377. The van der Waals surface area contributed by atoms with Crippen LogP contribution in [0.4, 0.5) is 22.7 Å². The summed E-state index contributed by atoms with van der Waals surface area (Å²) >= 11 is 0. The van der Waals surface area contributed by atoms with Gasteiger partial charge in [-0.15, -0.1) is 0 Å². The van der Waals surface area contributed by atoms with Gasteiger partial charge in [-0.05, 0) is 147 Å². The molecular formula is C87H82N4+2. The molecule has 0 saturated heterocycles. The van der Waals surface area contributed by atoms with Crippen LogP contribution in [0.15, 0.2) is 272 Å². The molecule has 0 fully saturated rings. The predicted molar refractivity (Wildman–Crippen MR) is 386 cm³/mol. The summed E-state index contributed by atoms with van der Waals surface area (Å²) in [6.07, 6.45) is 16.1. The third-order valence-electron chi connectivity index (χ3n) is 21.5. The maximum Gasteiger partial charge on any atom is 0.210 e. The van der Waals surface area contributed by atoms with Gasteiger partial charge in [0.05, 0.1) is 10.8 Å². The van der Waals surface area contributed by atoms with Crippen molar-refractivity contribution in [2.45, 2.75) is 95.8 Å². The average Bonchev–Trinajstić information content (AvgIpc) is 1.66. The third kappa shape index (κ3) is 8.98. The molecule has 11 aromatic rings. The summed E-state index contributed by atoms with van der Waals surface area (Å²) in [4.78, 5) is 5.07. The van der Waals surface area contributed by atoms with Crippen LogP contribution >= 0.6 is 0 Å². The molecule has 4 aliphatic heterocycles. The third-order valence-corrected chi connectivity index (χ3v) is 21.5. The van der Waals surface area contributed by atoms with E-state index in [4.69, 9.17) is 0 Å². The molecule has 0 aliphatic carbocycles. The quantitative estimate of drug-likeness (QED) is 0.0843. The second-order valence-corrected chi connectivity index (χ2v) is 27.5. The van der Waals surface area contributed by atoms with Gasteiger partial charge in [-0.25, -0.2) is 0 Å². The van der Waals surface area contributed by atoms with Crippen LogP contribution in [0.25, 0.3) is 43.1 Å². The van der Waals surface area contributed by atoms with E-state index in [1.165, 1.54) is 139 Å². The fourth-order valence-electron chi connectivity index (χ4n) is 17.5. The number of anilines is 2. The fraction of sp³-hybridized carbons (Fsp3) is 0.218. The number of nitrogens with zero attached hydrogens (tertiary/aromatic N) is 4. The van der Waals surface area contributed by atoms with Crippen molar-refractivity contribution < 1.29 is 9.15 Å². The molecule has 0 bridgehead atoms. The van der Waals surface area contributed by atoms with Gasteiger partial charge in [-0.3, -0.25) is 0 Å². The first kappa shape index (κ1) is 57.8. The Morgan fingerprint density at radius 1 is 0.385 bits per heavy atom. The normalized spacial score (nSPS) is 20.2. The lowest BCUT2D eigenvalue weighted by atomic mass is 9.70. The second kappa shape index (κ2) is 22.1. The summed E-state index contributed by atoms with van der Waals surface area (Å²) in [6.45, 7) is 21.0. The van der Waals surface area contributed by atoms with Crippen LogP contribution in [-0.2, 0) is 34.5 Å². The highest BCUT2D eigenvalue weighted by molar-refractivity contribution is 6.11. The lowest BCUT2D eigenvalue weighted by Crippen LogP contribution is -2.33. The van der Waals surface area contributed by atoms with Crippen molar-refractivity contribution in [2.24, 2.45) is 0 Å². The van der Waals surface area contributed by atoms with Gasteiger partial charge in [0.25, 0.3) is 0 Å². The zero-order valence-electron chi connectivity index (χ0n) is 54.5. The van der Waals surface area contributed by atoms with Crippen molar-refractivity contribution in [3.63, 3.8) is 0 Å². The number of likely N-dealkylation sites (N-methyl/N-ethyl adjacent to an activating group) is 2. The Morgan fingerprint density at radius 3 is 1.13 bits per heavy atom. The van der Waals surface area contributed by atoms with Crippen molar-refractivity contribution in [3.05, 3.63) is 322 Å². The minimum Gasteiger partial charge on any atom is -0.344 e. The SMILES string of the molecule is CCN1/C(=C/C=C/C2=[N+](C)c3cc(C(c4ccccc4)c4cc5c(c6ccccc46)C(C)(Cc4ccccc4)C(/C=C/C=C4/N(CC)c6ccc7ccccc7c6C4(C)C)=[N+]5C)c4ccccc4c3C2(C)Cc2ccccc2)C(C)(C)c2c1ccc1ccccc21. The van der Waals surface area contributed by atoms with Gasteiger partial charge in [0.15, 0.2) is 11.4 Å². The molecule has 0 radical (unpaired) electrons. The zero-order chi connectivity index (χ0) is 62.6. The van der Waals surface area contributed by atoms with Gasteiger partial charge < -0.3 is 9.80 Å². The number of hydrogen-bond donors (Lipinski definition) is 0. The Balaban J connectivity index is 0.910. The molecule has 0 aromatic heterocycles. The van der Waals surface area contributed by atoms with Gasteiger partial charge in [0, 0.05) is 88.0 Å². The lowest BCUT2D eigenvalue weighted by Gasteiger charge is -2.28. The molecule has 91 heavy (non-hydrogen) atoms. The summed E-state index contributed by atoms with van der Waals surface area (Å²) in [6, 6.07) is 84.5. The first-order chi connectivity index (χ1) is 44.2. The Hall–Kier alpha value is -9.64. The van der Waals surface area contributed by atoms with E-state index < -0.39 is 0 Å². The number of hydrogen-bond acceptors (Lipinski definition) is 2. The second-order valence-electron chi connectivity index (χ2n) is 27.5. The molecule has 0 spiro atoms. The van der Waals surface area contributed by atoms with Crippen molar-refractivity contribution in [1.82, 2.24) is 0 Å². The molecule has 0 N–H and O–H groups in total. The van der Waals surface area contributed by atoms with Crippen LogP contribution < -0.4 is 9.80 Å². The Labute approximate surface area is 538 Å². The van der Waals surface area contributed by atoms with E-state index in [0.29, 0.717) is 0 Å². The van der Waals surface area contributed by atoms with Crippen molar-refractivity contribution >= 4 is 77.3 Å². The fourth-order valence-corrected chi connectivity index (χ4v) is 17.5. The van der Waals surface area contributed by atoms with Crippen LogP contribution in [0.1, 0.15) is 111 Å². The number of benzene rings is 11. The minimum absolute atomic E-state index is 0.118. The first-order valence-electron chi connectivity index (χ1n) is 33.0. The van der Waals surface area contributed by atoms with E-state index in [-0.39, 0.29) is 27.6 Å². The molecule has 2 unspecified atom stereocenters. The lowest BCUT2D eigenvalue weighted by molar-refractivity contribution is -0.401. The van der Waals surface area contributed by atoms with Crippen LogP contribution in [0.2, 0.25) is 0 Å². The standard InChI is InChI=1S/C87H82N4/c1-11-90-71-52-50-60-36-22-24-40-63(60)80(71)84(3,4)75(90)46-30-48-77-86(7,56-58-32-16-13-17-33-58)82-67-44-28-26-42-65(67)69(54-73(82)88(77)9)79(62-38-20-15-21-39-62)70-55-74-83(68-45-29-27-43-66(68)70)87(8,57-59-34-18-14-19-35-59)78(89(74)10)49-31-47-76-85(5,6)81-64-41-25-23-37-61(64)51-53-72(81)91(76)12-2/h13-55,79H,11-12,56-57H2,1-10H3/q+2. The summed E-state index contributed by atoms with van der Waals surface area (Å²) in [5.41, 5.74) is 21.3. The highest BCUT2D eigenvalue weighted by Gasteiger charge is 2.51. The van der Waals surface area contributed by atoms with E-state index in [0.717, 1.165) is 25.9 Å². The molecule has 15 rings (SSSR count). The number of fused-ring (bicyclic) bond motifs is 12. The Kier molecular flexibility index (Phi) is 14.0. The molecule has 4 heterocycles. The molecule has 11 aromatic carbocycles. The molecule has 0 saturated carbocycles. The van der Waals surface area contributed by atoms with Gasteiger partial charge >= 0.3 is 0 Å². The van der Waals surface area contributed by atoms with E-state index in [1.54, 1.807) is 0 Å². The van der Waals surface area contributed by atoms with Gasteiger partial charge in [-0.1, -0.05) is 240 Å². The molecule has 448 valence electrons. The summed E-state index contributed by atoms with van der Waals surface area (Å²) in [5.74, 6) is -0.118. The van der Waals surface area contributed by atoms with Crippen LogP contribution in [0.5, 0.6) is 0 Å². The van der Waals surface area contributed by atoms with Gasteiger partial charge in [0.2, 0.25) is 11.4 Å². The predicted octanol–water partition coefficient (Wildman–Crippen LogP) is 20.5. The van der Waals surface area contributed by atoms with Gasteiger partial charge in [0.1, 0.15) is 14.1 Å². The van der Waals surface area contributed by atoms with Crippen LogP contribution in [0, 0.1) is 0 Å². The van der Waals surface area contributed by atoms with Crippen LogP contribution in [0.3, 0.4) is 0 Å². The Morgan fingerprint density at radius 2 is 0.736 bits per heavy atom.